The van der Waals surface area contributed by atoms with Gasteiger partial charge in [-0.1, -0.05) is 30.3 Å². The van der Waals surface area contributed by atoms with Crippen LogP contribution in [0.25, 0.3) is 11.4 Å². The van der Waals surface area contributed by atoms with Gasteiger partial charge < -0.3 is 24.6 Å². The van der Waals surface area contributed by atoms with E-state index in [0.29, 0.717) is 6.07 Å². The lowest BCUT2D eigenvalue weighted by Gasteiger charge is -2.36. The summed E-state index contributed by atoms with van der Waals surface area (Å²) in [7, 11) is 0. The van der Waals surface area contributed by atoms with E-state index in [2.05, 4.69) is 15.3 Å². The van der Waals surface area contributed by atoms with Gasteiger partial charge in [0.1, 0.15) is 23.0 Å². The minimum atomic E-state index is -4.87. The van der Waals surface area contributed by atoms with Gasteiger partial charge in [0, 0.05) is 44.2 Å². The smallest absolute Gasteiger partial charge is 0.433 e. The number of rotatable bonds is 8. The van der Waals surface area contributed by atoms with Crippen LogP contribution in [0.15, 0.2) is 36.4 Å². The number of amides is 3. The number of aromatic nitrogens is 2. The predicted molar refractivity (Wildman–Crippen MR) is 144 cm³/mol. The second-order valence-corrected chi connectivity index (χ2v) is 10.5. The van der Waals surface area contributed by atoms with E-state index in [0.717, 1.165) is 0 Å². The summed E-state index contributed by atoms with van der Waals surface area (Å²) in [6.45, 7) is 7.51. The second-order valence-electron chi connectivity index (χ2n) is 10.5. The molecule has 228 valence electrons. The first-order chi connectivity index (χ1) is 19.7. The molecule has 2 heterocycles. The van der Waals surface area contributed by atoms with Crippen LogP contribution in [0.4, 0.5) is 18.0 Å². The van der Waals surface area contributed by atoms with Gasteiger partial charge in [-0.15, -0.1) is 0 Å². The van der Waals surface area contributed by atoms with Gasteiger partial charge in [0.25, 0.3) is 5.91 Å². The van der Waals surface area contributed by atoms with Crippen molar-refractivity contribution in [2.75, 3.05) is 32.8 Å². The number of piperazine rings is 1. The molecular formula is C28H34F3N5O6. The SMILES string of the molecule is CCOC(=O)N1CCN(C(=O)[C@H](CCC(=O)OC(C)(C)C)NC(=O)c2cc(C(F)(F)F)nc(-c3ccccc3)n2)CC1. The highest BCUT2D eigenvalue weighted by Gasteiger charge is 2.36. The summed E-state index contributed by atoms with van der Waals surface area (Å²) in [6.07, 6.45) is -5.81. The lowest BCUT2D eigenvalue weighted by molar-refractivity contribution is -0.155. The highest BCUT2D eigenvalue weighted by Crippen LogP contribution is 2.29. The minimum absolute atomic E-state index is 0.125. The Morgan fingerprint density at radius 2 is 1.60 bits per heavy atom. The van der Waals surface area contributed by atoms with Crippen LogP contribution in [0.2, 0.25) is 0 Å². The zero-order valence-corrected chi connectivity index (χ0v) is 23.9. The summed E-state index contributed by atoms with van der Waals surface area (Å²) in [4.78, 5) is 61.6. The first-order valence-electron chi connectivity index (χ1n) is 13.4. The Balaban J connectivity index is 1.85. The molecular weight excluding hydrogens is 559 g/mol. The van der Waals surface area contributed by atoms with Crippen molar-refractivity contribution in [1.29, 1.82) is 0 Å². The number of halogens is 3. The normalized spacial score (nSPS) is 14.6. The maximum atomic E-state index is 13.7. The molecule has 1 aromatic heterocycles. The van der Waals surface area contributed by atoms with Gasteiger partial charge in [0.05, 0.1) is 6.61 Å². The van der Waals surface area contributed by atoms with E-state index < -0.39 is 53.1 Å². The summed E-state index contributed by atoms with van der Waals surface area (Å²) in [6, 6.07) is 7.06. The largest absolute Gasteiger partial charge is 0.460 e. The number of ether oxygens (including phenoxy) is 2. The van der Waals surface area contributed by atoms with E-state index in [1.807, 2.05) is 0 Å². The van der Waals surface area contributed by atoms with Gasteiger partial charge in [-0.3, -0.25) is 14.4 Å². The van der Waals surface area contributed by atoms with Gasteiger partial charge in [-0.05, 0) is 34.1 Å². The molecule has 1 saturated heterocycles. The standard InChI is InChI=1S/C28H34F3N5O6/c1-5-41-26(40)36-15-13-35(14-16-36)25(39)19(11-12-22(37)42-27(2,3)4)33-24(38)20-17-21(28(29,30)31)34-23(32-20)18-9-7-6-8-10-18/h6-10,17,19H,5,11-16H2,1-4H3,(H,33,38)/t19-/m0/s1. The number of alkyl halides is 3. The van der Waals surface area contributed by atoms with Crippen LogP contribution in [-0.2, 0) is 25.2 Å². The fourth-order valence-corrected chi connectivity index (χ4v) is 4.11. The molecule has 1 atom stereocenters. The Morgan fingerprint density at radius 3 is 2.17 bits per heavy atom. The first kappa shape index (κ1) is 32.3. The summed E-state index contributed by atoms with van der Waals surface area (Å²) in [5.74, 6) is -2.55. The van der Waals surface area contributed by atoms with Crippen molar-refractivity contribution >= 4 is 23.9 Å². The van der Waals surface area contributed by atoms with Crippen molar-refractivity contribution in [2.24, 2.45) is 0 Å². The third kappa shape index (κ3) is 9.14. The number of carbonyl (C=O) groups excluding carboxylic acids is 4. The van der Waals surface area contributed by atoms with Crippen LogP contribution in [0.3, 0.4) is 0 Å². The van der Waals surface area contributed by atoms with Crippen molar-refractivity contribution in [1.82, 2.24) is 25.1 Å². The third-order valence-electron chi connectivity index (χ3n) is 6.06. The number of benzene rings is 1. The molecule has 0 saturated carbocycles. The summed E-state index contributed by atoms with van der Waals surface area (Å²) < 4.78 is 51.3. The Hall–Kier alpha value is -4.23. The van der Waals surface area contributed by atoms with Gasteiger partial charge in [0.2, 0.25) is 5.91 Å². The maximum absolute atomic E-state index is 13.7. The molecule has 0 radical (unpaired) electrons. The average Bonchev–Trinajstić information content (AvgIpc) is 2.93. The highest BCUT2D eigenvalue weighted by molar-refractivity contribution is 5.96. The Kier molecular flexibility index (Phi) is 10.5. The summed E-state index contributed by atoms with van der Waals surface area (Å²) in [5, 5.41) is 2.46. The van der Waals surface area contributed by atoms with E-state index in [9.17, 15) is 32.3 Å². The Morgan fingerprint density at radius 1 is 0.976 bits per heavy atom. The van der Waals surface area contributed by atoms with Crippen LogP contribution < -0.4 is 5.32 Å². The van der Waals surface area contributed by atoms with E-state index in [-0.39, 0.29) is 57.0 Å². The summed E-state index contributed by atoms with van der Waals surface area (Å²) >= 11 is 0. The van der Waals surface area contributed by atoms with E-state index in [1.165, 1.54) is 21.9 Å². The fraction of sp³-hybridized carbons (Fsp3) is 0.500. The molecule has 0 spiro atoms. The quantitative estimate of drug-likeness (QED) is 0.459. The maximum Gasteiger partial charge on any atom is 0.433 e. The number of nitrogens with zero attached hydrogens (tertiary/aromatic N) is 4. The van der Waals surface area contributed by atoms with E-state index in [1.54, 1.807) is 45.9 Å². The van der Waals surface area contributed by atoms with Crippen LogP contribution in [0.5, 0.6) is 0 Å². The molecule has 3 rings (SSSR count). The van der Waals surface area contributed by atoms with Crippen LogP contribution in [0, 0.1) is 0 Å². The van der Waals surface area contributed by atoms with Gasteiger partial charge in [-0.2, -0.15) is 13.2 Å². The molecule has 0 aliphatic carbocycles. The Bertz CT molecular complexity index is 1280. The predicted octanol–water partition coefficient (Wildman–Crippen LogP) is 3.68. The number of hydrogen-bond donors (Lipinski definition) is 1. The van der Waals surface area contributed by atoms with Crippen LogP contribution in [0.1, 0.15) is 56.7 Å². The second kappa shape index (κ2) is 13.6. The number of esters is 1. The lowest BCUT2D eigenvalue weighted by Crippen LogP contribution is -2.56. The topological polar surface area (TPSA) is 131 Å². The fourth-order valence-electron chi connectivity index (χ4n) is 4.11. The third-order valence-corrected chi connectivity index (χ3v) is 6.06. The molecule has 0 bridgehead atoms. The number of carbonyl (C=O) groups is 4. The zero-order chi connectivity index (χ0) is 31.1. The van der Waals surface area contributed by atoms with Gasteiger partial charge in [-0.25, -0.2) is 14.8 Å². The highest BCUT2D eigenvalue weighted by atomic mass is 19.4. The molecule has 14 heteroatoms. The molecule has 1 aliphatic rings. The van der Waals surface area contributed by atoms with Crippen molar-refractivity contribution < 1.29 is 41.8 Å². The minimum Gasteiger partial charge on any atom is -0.460 e. The molecule has 42 heavy (non-hydrogen) atoms. The van der Waals surface area contributed by atoms with E-state index in [4.69, 9.17) is 9.47 Å². The number of hydrogen-bond acceptors (Lipinski definition) is 8. The Labute approximate surface area is 241 Å². The zero-order valence-electron chi connectivity index (χ0n) is 23.9. The van der Waals surface area contributed by atoms with E-state index >= 15 is 0 Å². The monoisotopic (exact) mass is 593 g/mol. The molecule has 0 unspecified atom stereocenters. The molecule has 2 aromatic rings. The molecule has 3 amide bonds. The first-order valence-corrected chi connectivity index (χ1v) is 13.4. The van der Waals surface area contributed by atoms with Crippen molar-refractivity contribution in [3.63, 3.8) is 0 Å². The molecule has 1 aromatic carbocycles. The lowest BCUT2D eigenvalue weighted by atomic mass is 10.1. The van der Waals surface area contributed by atoms with Crippen LogP contribution >= 0.6 is 0 Å². The molecule has 1 aliphatic heterocycles. The van der Waals surface area contributed by atoms with Gasteiger partial charge >= 0.3 is 18.2 Å². The summed E-state index contributed by atoms with van der Waals surface area (Å²) in [5.41, 5.74) is -2.45. The molecule has 11 nitrogen and oxygen atoms in total. The van der Waals surface area contributed by atoms with Crippen molar-refractivity contribution in [3.05, 3.63) is 47.8 Å². The number of nitrogens with one attached hydrogen (secondary N) is 1. The molecule has 1 N–H and O–H groups in total. The van der Waals surface area contributed by atoms with Crippen molar-refractivity contribution in [3.8, 4) is 11.4 Å². The average molecular weight is 594 g/mol. The van der Waals surface area contributed by atoms with Crippen LogP contribution in [-0.4, -0.2) is 88.1 Å². The van der Waals surface area contributed by atoms with Crippen molar-refractivity contribution in [2.45, 2.75) is 58.4 Å². The van der Waals surface area contributed by atoms with Gasteiger partial charge in [0.15, 0.2) is 5.82 Å². The molecule has 1 fully saturated rings.